The van der Waals surface area contributed by atoms with Crippen molar-refractivity contribution >= 4 is 5.69 Å². The first-order valence-corrected chi connectivity index (χ1v) is 3.24. The van der Waals surface area contributed by atoms with Crippen molar-refractivity contribution < 1.29 is 9.13 Å². The molecule has 1 rings (SSSR count). The molecule has 0 fully saturated rings. The Morgan fingerprint density at radius 3 is 2.55 bits per heavy atom. The first-order valence-electron chi connectivity index (χ1n) is 3.24. The molecule has 0 unspecified atom stereocenters. The number of ether oxygens (including phenoxy) is 1. The fourth-order valence-corrected chi connectivity index (χ4v) is 0.842. The van der Waals surface area contributed by atoms with Crippen LogP contribution in [0.4, 0.5) is 10.1 Å². The van der Waals surface area contributed by atoms with Gasteiger partial charge in [-0.05, 0) is 18.6 Å². The number of rotatable bonds is 1. The number of methoxy groups -OCH3 is 1. The summed E-state index contributed by atoms with van der Waals surface area (Å²) in [4.78, 5) is 0. The molecule has 0 radical (unpaired) electrons. The molecule has 2 nitrogen and oxygen atoms in total. The Balaban J connectivity index is 3.21. The third-order valence-corrected chi connectivity index (χ3v) is 1.55. The molecule has 0 saturated heterocycles. The summed E-state index contributed by atoms with van der Waals surface area (Å²) in [5.74, 6) is 0.0658. The summed E-state index contributed by atoms with van der Waals surface area (Å²) in [5, 5.41) is 0. The number of aryl methyl sites for hydroxylation is 1. The van der Waals surface area contributed by atoms with E-state index in [9.17, 15) is 4.39 Å². The van der Waals surface area contributed by atoms with E-state index in [1.54, 1.807) is 13.0 Å². The normalized spacial score (nSPS) is 9.73. The number of halogens is 1. The van der Waals surface area contributed by atoms with Gasteiger partial charge in [0.05, 0.1) is 12.8 Å². The van der Waals surface area contributed by atoms with E-state index < -0.39 is 5.82 Å². The van der Waals surface area contributed by atoms with Crippen molar-refractivity contribution in [2.24, 2.45) is 0 Å². The summed E-state index contributed by atoms with van der Waals surface area (Å²) in [6.45, 7) is 1.74. The van der Waals surface area contributed by atoms with Gasteiger partial charge in [0.15, 0.2) is 0 Å². The third-order valence-electron chi connectivity index (χ3n) is 1.55. The zero-order valence-electron chi connectivity index (χ0n) is 6.52. The van der Waals surface area contributed by atoms with Crippen LogP contribution in [0, 0.1) is 12.7 Å². The van der Waals surface area contributed by atoms with Crippen LogP contribution in [0.5, 0.6) is 5.75 Å². The maximum absolute atomic E-state index is 12.8. The standard InChI is InChI=1S/C8H10FNO/c1-5-3-6(11-2)4-7(9)8(5)10/h3-4H,10H2,1-2H3. The SMILES string of the molecule is COc1cc(C)c(N)c(F)c1. The highest BCUT2D eigenvalue weighted by atomic mass is 19.1. The Morgan fingerprint density at radius 2 is 2.09 bits per heavy atom. The first-order chi connectivity index (χ1) is 5.15. The second kappa shape index (κ2) is 2.78. The van der Waals surface area contributed by atoms with Crippen molar-refractivity contribution in [1.82, 2.24) is 0 Å². The molecule has 0 aliphatic rings. The third kappa shape index (κ3) is 1.42. The van der Waals surface area contributed by atoms with Crippen LogP contribution in [-0.4, -0.2) is 7.11 Å². The second-order valence-corrected chi connectivity index (χ2v) is 2.34. The minimum Gasteiger partial charge on any atom is -0.497 e. The van der Waals surface area contributed by atoms with E-state index in [4.69, 9.17) is 10.5 Å². The van der Waals surface area contributed by atoms with Gasteiger partial charge in [-0.25, -0.2) is 4.39 Å². The van der Waals surface area contributed by atoms with Gasteiger partial charge in [-0.3, -0.25) is 0 Å². The molecule has 0 aliphatic carbocycles. The van der Waals surface area contributed by atoms with Crippen LogP contribution in [0.15, 0.2) is 12.1 Å². The van der Waals surface area contributed by atoms with E-state index in [1.165, 1.54) is 13.2 Å². The van der Waals surface area contributed by atoms with Crippen LogP contribution < -0.4 is 10.5 Å². The maximum Gasteiger partial charge on any atom is 0.150 e. The largest absolute Gasteiger partial charge is 0.497 e. The van der Waals surface area contributed by atoms with Crippen molar-refractivity contribution in [3.05, 3.63) is 23.5 Å². The van der Waals surface area contributed by atoms with Gasteiger partial charge < -0.3 is 10.5 Å². The van der Waals surface area contributed by atoms with Gasteiger partial charge in [-0.15, -0.1) is 0 Å². The van der Waals surface area contributed by atoms with Gasteiger partial charge in [0.2, 0.25) is 0 Å². The lowest BCUT2D eigenvalue weighted by molar-refractivity contribution is 0.411. The Bertz CT molecular complexity index is 250. The Kier molecular flexibility index (Phi) is 1.98. The van der Waals surface area contributed by atoms with Crippen LogP contribution in [0.2, 0.25) is 0 Å². The number of hydrogen-bond acceptors (Lipinski definition) is 2. The summed E-state index contributed by atoms with van der Waals surface area (Å²) in [5.41, 5.74) is 6.26. The van der Waals surface area contributed by atoms with Gasteiger partial charge in [0, 0.05) is 6.07 Å². The molecule has 0 amide bonds. The highest BCUT2D eigenvalue weighted by Gasteiger charge is 2.03. The molecule has 60 valence electrons. The molecule has 0 atom stereocenters. The van der Waals surface area contributed by atoms with Gasteiger partial charge in [-0.2, -0.15) is 0 Å². The fraction of sp³-hybridized carbons (Fsp3) is 0.250. The predicted molar refractivity (Wildman–Crippen MR) is 42.1 cm³/mol. The maximum atomic E-state index is 12.8. The Morgan fingerprint density at radius 1 is 1.45 bits per heavy atom. The van der Waals surface area contributed by atoms with Crippen LogP contribution in [-0.2, 0) is 0 Å². The van der Waals surface area contributed by atoms with E-state index in [0.717, 1.165) is 0 Å². The first kappa shape index (κ1) is 7.85. The second-order valence-electron chi connectivity index (χ2n) is 2.34. The van der Waals surface area contributed by atoms with E-state index >= 15 is 0 Å². The minimum atomic E-state index is -0.429. The van der Waals surface area contributed by atoms with E-state index in [0.29, 0.717) is 11.3 Å². The van der Waals surface area contributed by atoms with Crippen molar-refractivity contribution in [2.45, 2.75) is 6.92 Å². The molecule has 0 aromatic heterocycles. The van der Waals surface area contributed by atoms with Gasteiger partial charge in [0.1, 0.15) is 11.6 Å². The van der Waals surface area contributed by atoms with Crippen molar-refractivity contribution in [3.8, 4) is 5.75 Å². The molecule has 1 aromatic rings. The van der Waals surface area contributed by atoms with Crippen LogP contribution in [0.1, 0.15) is 5.56 Å². The molecule has 11 heavy (non-hydrogen) atoms. The summed E-state index contributed by atoms with van der Waals surface area (Å²) >= 11 is 0. The molecular weight excluding hydrogens is 145 g/mol. The summed E-state index contributed by atoms with van der Waals surface area (Å²) in [6.07, 6.45) is 0. The molecule has 2 N–H and O–H groups in total. The van der Waals surface area contributed by atoms with Gasteiger partial charge in [-0.1, -0.05) is 0 Å². The molecule has 0 heterocycles. The lowest BCUT2D eigenvalue weighted by atomic mass is 10.2. The summed E-state index contributed by atoms with van der Waals surface area (Å²) in [6, 6.07) is 2.96. The minimum absolute atomic E-state index is 0.186. The predicted octanol–water partition coefficient (Wildman–Crippen LogP) is 1.72. The average molecular weight is 155 g/mol. The quantitative estimate of drug-likeness (QED) is 0.627. The van der Waals surface area contributed by atoms with Crippen LogP contribution in [0.3, 0.4) is 0 Å². The Hall–Kier alpha value is -1.25. The van der Waals surface area contributed by atoms with Crippen molar-refractivity contribution in [1.29, 1.82) is 0 Å². The van der Waals surface area contributed by atoms with E-state index in [2.05, 4.69) is 0 Å². The van der Waals surface area contributed by atoms with Crippen LogP contribution in [0.25, 0.3) is 0 Å². The van der Waals surface area contributed by atoms with E-state index in [1.807, 2.05) is 0 Å². The topological polar surface area (TPSA) is 35.2 Å². The number of nitrogens with two attached hydrogens (primary N) is 1. The van der Waals surface area contributed by atoms with Gasteiger partial charge in [0.25, 0.3) is 0 Å². The molecule has 3 heteroatoms. The smallest absolute Gasteiger partial charge is 0.150 e. The number of benzene rings is 1. The molecule has 0 spiro atoms. The van der Waals surface area contributed by atoms with Crippen molar-refractivity contribution in [3.63, 3.8) is 0 Å². The van der Waals surface area contributed by atoms with Gasteiger partial charge >= 0.3 is 0 Å². The zero-order chi connectivity index (χ0) is 8.43. The molecule has 1 aromatic carbocycles. The number of nitrogen functional groups attached to an aromatic ring is 1. The average Bonchev–Trinajstić information content (AvgIpc) is 1.99. The summed E-state index contributed by atoms with van der Waals surface area (Å²) < 4.78 is 17.7. The summed E-state index contributed by atoms with van der Waals surface area (Å²) in [7, 11) is 1.49. The lowest BCUT2D eigenvalue weighted by Crippen LogP contribution is -1.95. The zero-order valence-corrected chi connectivity index (χ0v) is 6.52. The van der Waals surface area contributed by atoms with E-state index in [-0.39, 0.29) is 5.69 Å². The van der Waals surface area contributed by atoms with Crippen molar-refractivity contribution in [2.75, 3.05) is 12.8 Å². The monoisotopic (exact) mass is 155 g/mol. The highest BCUT2D eigenvalue weighted by Crippen LogP contribution is 2.22. The Labute approximate surface area is 64.8 Å². The highest BCUT2D eigenvalue weighted by molar-refractivity contribution is 5.50. The molecular formula is C8H10FNO. The van der Waals surface area contributed by atoms with Crippen LogP contribution >= 0.6 is 0 Å². The molecule has 0 bridgehead atoms. The molecule has 0 aliphatic heterocycles. The number of hydrogen-bond donors (Lipinski definition) is 1. The number of anilines is 1. The lowest BCUT2D eigenvalue weighted by Gasteiger charge is -2.04. The fourth-order valence-electron chi connectivity index (χ4n) is 0.842. The molecule has 0 saturated carbocycles.